The highest BCUT2D eigenvalue weighted by Gasteiger charge is 2.28. The molecule has 2 aromatic rings. The van der Waals surface area contributed by atoms with Crippen LogP contribution in [0.3, 0.4) is 0 Å². The minimum Gasteiger partial charge on any atom is -0.360 e. The number of rotatable bonds is 7. The maximum absolute atomic E-state index is 12.5. The highest BCUT2D eigenvalue weighted by Crippen LogP contribution is 2.19. The molecule has 0 bridgehead atoms. The van der Waals surface area contributed by atoms with Crippen LogP contribution >= 0.6 is 0 Å². The minimum atomic E-state index is -3.97. The molecule has 1 heterocycles. The molecule has 0 saturated carbocycles. The van der Waals surface area contributed by atoms with Gasteiger partial charge in [0.2, 0.25) is 21.8 Å². The van der Waals surface area contributed by atoms with E-state index in [0.717, 1.165) is 0 Å². The largest absolute Gasteiger partial charge is 0.360 e. The maximum atomic E-state index is 12.5. The Morgan fingerprint density at radius 1 is 1.19 bits per heavy atom. The van der Waals surface area contributed by atoms with Gasteiger partial charge in [-0.15, -0.1) is 0 Å². The average Bonchev–Trinajstić information content (AvgIpc) is 2.94. The highest BCUT2D eigenvalue weighted by molar-refractivity contribution is 7.89. The van der Waals surface area contributed by atoms with Gasteiger partial charge in [-0.1, -0.05) is 18.1 Å². The van der Waals surface area contributed by atoms with E-state index >= 15 is 0 Å². The molecule has 146 valence electrons. The van der Waals surface area contributed by atoms with Crippen LogP contribution in [-0.2, 0) is 19.6 Å². The summed E-state index contributed by atoms with van der Waals surface area (Å²) in [4.78, 5) is 23.7. The lowest BCUT2D eigenvalue weighted by atomic mass is 10.2. The van der Waals surface area contributed by atoms with E-state index in [9.17, 15) is 18.0 Å². The van der Waals surface area contributed by atoms with Crippen LogP contribution in [0.2, 0.25) is 0 Å². The van der Waals surface area contributed by atoms with Gasteiger partial charge in [-0.3, -0.25) is 9.59 Å². The molecule has 10 heteroatoms. The van der Waals surface area contributed by atoms with Crippen LogP contribution in [0, 0.1) is 13.8 Å². The van der Waals surface area contributed by atoms with Crippen LogP contribution in [0.25, 0.3) is 0 Å². The average molecular weight is 394 g/mol. The molecule has 2 amide bonds. The molecule has 27 heavy (non-hydrogen) atoms. The standard InChI is InChI=1S/C17H22N4O5S/c1-5-15(22)18-13-7-6-8-14(9-13)19-17(23)11(3)21-27(24,25)16-10(2)20-26-12(16)4/h6-9,11,21H,5H2,1-4H3,(H,18,22)(H,19,23)/t11-/m0/s1. The summed E-state index contributed by atoms with van der Waals surface area (Å²) < 4.78 is 32.1. The lowest BCUT2D eigenvalue weighted by Gasteiger charge is -2.15. The predicted octanol–water partition coefficient (Wildman–Crippen LogP) is 1.95. The van der Waals surface area contributed by atoms with Crippen LogP contribution in [0.5, 0.6) is 0 Å². The number of nitrogens with one attached hydrogen (secondary N) is 3. The van der Waals surface area contributed by atoms with E-state index in [0.29, 0.717) is 17.8 Å². The van der Waals surface area contributed by atoms with Crippen molar-refractivity contribution >= 4 is 33.2 Å². The highest BCUT2D eigenvalue weighted by atomic mass is 32.2. The fourth-order valence-corrected chi connectivity index (χ4v) is 3.91. The Balaban J connectivity index is 2.08. The summed E-state index contributed by atoms with van der Waals surface area (Å²) >= 11 is 0. The minimum absolute atomic E-state index is 0.0774. The number of anilines is 2. The summed E-state index contributed by atoms with van der Waals surface area (Å²) in [6.45, 7) is 6.14. The molecule has 2 rings (SSSR count). The van der Waals surface area contributed by atoms with E-state index in [4.69, 9.17) is 4.52 Å². The first kappa shape index (κ1) is 20.6. The first-order chi connectivity index (χ1) is 12.6. The molecule has 0 spiro atoms. The number of sulfonamides is 1. The summed E-state index contributed by atoms with van der Waals surface area (Å²) in [6, 6.07) is 5.53. The van der Waals surface area contributed by atoms with E-state index in [-0.39, 0.29) is 22.3 Å². The third kappa shape index (κ3) is 5.14. The Morgan fingerprint density at radius 2 is 1.81 bits per heavy atom. The molecule has 0 aliphatic rings. The normalized spacial score (nSPS) is 12.4. The first-order valence-corrected chi connectivity index (χ1v) is 9.78. The zero-order valence-electron chi connectivity index (χ0n) is 15.5. The van der Waals surface area contributed by atoms with Crippen LogP contribution in [0.4, 0.5) is 11.4 Å². The van der Waals surface area contributed by atoms with Gasteiger partial charge >= 0.3 is 0 Å². The SMILES string of the molecule is CCC(=O)Nc1cccc(NC(=O)[C@H](C)NS(=O)(=O)c2c(C)noc2C)c1. The van der Waals surface area contributed by atoms with Crippen molar-refractivity contribution < 1.29 is 22.5 Å². The van der Waals surface area contributed by atoms with E-state index in [2.05, 4.69) is 20.5 Å². The number of carbonyl (C=O) groups excluding carboxylic acids is 2. The van der Waals surface area contributed by atoms with Crippen molar-refractivity contribution in [2.75, 3.05) is 10.6 Å². The van der Waals surface area contributed by atoms with Crippen molar-refractivity contribution in [2.45, 2.75) is 45.1 Å². The third-order valence-corrected chi connectivity index (χ3v) is 5.48. The maximum Gasteiger partial charge on any atom is 0.246 e. The molecule has 0 aliphatic carbocycles. The number of benzene rings is 1. The fourth-order valence-electron chi connectivity index (χ4n) is 2.38. The molecule has 1 aromatic heterocycles. The van der Waals surface area contributed by atoms with Crippen LogP contribution in [-0.4, -0.2) is 31.4 Å². The van der Waals surface area contributed by atoms with Crippen molar-refractivity contribution in [3.8, 4) is 0 Å². The van der Waals surface area contributed by atoms with E-state index < -0.39 is 22.0 Å². The zero-order valence-corrected chi connectivity index (χ0v) is 16.3. The monoisotopic (exact) mass is 394 g/mol. The summed E-state index contributed by atoms with van der Waals surface area (Å²) in [5, 5.41) is 8.91. The van der Waals surface area contributed by atoms with Crippen molar-refractivity contribution in [1.82, 2.24) is 9.88 Å². The molecule has 0 saturated heterocycles. The Hall–Kier alpha value is -2.72. The second-order valence-corrected chi connectivity index (χ2v) is 7.62. The van der Waals surface area contributed by atoms with Gasteiger partial charge in [0.05, 0.1) is 6.04 Å². The molecule has 3 N–H and O–H groups in total. The lowest BCUT2D eigenvalue weighted by Crippen LogP contribution is -2.41. The molecule has 1 aromatic carbocycles. The predicted molar refractivity (Wildman–Crippen MR) is 99.8 cm³/mol. The van der Waals surface area contributed by atoms with Gasteiger partial charge in [0.25, 0.3) is 0 Å². The van der Waals surface area contributed by atoms with Gasteiger partial charge in [-0.05, 0) is 39.0 Å². The number of aromatic nitrogens is 1. The summed E-state index contributed by atoms with van der Waals surface area (Å²) in [7, 11) is -3.97. The second-order valence-electron chi connectivity index (χ2n) is 5.97. The Bertz CT molecular complexity index is 932. The van der Waals surface area contributed by atoms with Crippen LogP contribution < -0.4 is 15.4 Å². The van der Waals surface area contributed by atoms with Crippen molar-refractivity contribution in [3.05, 3.63) is 35.7 Å². The summed E-state index contributed by atoms with van der Waals surface area (Å²) in [5.41, 5.74) is 1.17. The van der Waals surface area contributed by atoms with Gasteiger partial charge in [-0.25, -0.2) is 8.42 Å². The second kappa shape index (κ2) is 8.31. The van der Waals surface area contributed by atoms with Crippen molar-refractivity contribution in [1.29, 1.82) is 0 Å². The topological polar surface area (TPSA) is 130 Å². The van der Waals surface area contributed by atoms with Crippen LogP contribution in [0.15, 0.2) is 33.7 Å². The third-order valence-electron chi connectivity index (χ3n) is 3.70. The zero-order chi connectivity index (χ0) is 20.2. The number of hydrogen-bond donors (Lipinski definition) is 3. The number of carbonyl (C=O) groups is 2. The quantitative estimate of drug-likeness (QED) is 0.658. The molecule has 0 fully saturated rings. The number of hydrogen-bond acceptors (Lipinski definition) is 6. The van der Waals surface area contributed by atoms with Crippen molar-refractivity contribution in [3.63, 3.8) is 0 Å². The molecule has 1 atom stereocenters. The van der Waals surface area contributed by atoms with E-state index in [1.807, 2.05) is 0 Å². The smallest absolute Gasteiger partial charge is 0.246 e. The molecule has 9 nitrogen and oxygen atoms in total. The Morgan fingerprint density at radius 3 is 2.37 bits per heavy atom. The van der Waals surface area contributed by atoms with Crippen molar-refractivity contribution in [2.24, 2.45) is 0 Å². The summed E-state index contributed by atoms with van der Waals surface area (Å²) in [5.74, 6) is -0.560. The Labute approximate surface area is 157 Å². The Kier molecular flexibility index (Phi) is 6.34. The number of amides is 2. The fraction of sp³-hybridized carbons (Fsp3) is 0.353. The van der Waals surface area contributed by atoms with Gasteiger partial charge in [0, 0.05) is 17.8 Å². The first-order valence-electron chi connectivity index (χ1n) is 8.30. The molecule has 0 radical (unpaired) electrons. The van der Waals surface area contributed by atoms with Gasteiger partial charge in [0.1, 0.15) is 10.6 Å². The van der Waals surface area contributed by atoms with Gasteiger partial charge < -0.3 is 15.2 Å². The van der Waals surface area contributed by atoms with E-state index in [1.54, 1.807) is 31.2 Å². The molecular formula is C17H22N4O5S. The van der Waals surface area contributed by atoms with E-state index in [1.165, 1.54) is 20.8 Å². The summed E-state index contributed by atoms with van der Waals surface area (Å²) in [6.07, 6.45) is 0.330. The van der Waals surface area contributed by atoms with Gasteiger partial charge in [0.15, 0.2) is 5.76 Å². The number of aryl methyl sites for hydroxylation is 2. The lowest BCUT2D eigenvalue weighted by molar-refractivity contribution is -0.117. The molecular weight excluding hydrogens is 372 g/mol. The van der Waals surface area contributed by atoms with Crippen LogP contribution in [0.1, 0.15) is 31.7 Å². The number of nitrogens with zero attached hydrogens (tertiary/aromatic N) is 1. The molecule has 0 aliphatic heterocycles. The molecule has 0 unspecified atom stereocenters. The van der Waals surface area contributed by atoms with Gasteiger partial charge in [-0.2, -0.15) is 4.72 Å².